The first kappa shape index (κ1) is 16.4. The molecule has 0 saturated heterocycles. The molecule has 0 aliphatic carbocycles. The van der Waals surface area contributed by atoms with Crippen LogP contribution >= 0.6 is 0 Å². The van der Waals surface area contributed by atoms with Crippen LogP contribution in [0.3, 0.4) is 0 Å². The fraction of sp³-hybridized carbons (Fsp3) is 0.312. The Bertz CT molecular complexity index is 718. The monoisotopic (exact) mass is 311 g/mol. The largest absolute Gasteiger partial charge is 0.355 e. The van der Waals surface area contributed by atoms with Crippen LogP contribution in [0.25, 0.3) is 0 Å². The van der Waals surface area contributed by atoms with Crippen LogP contribution in [-0.4, -0.2) is 33.2 Å². The van der Waals surface area contributed by atoms with Gasteiger partial charge >= 0.3 is 0 Å². The fourth-order valence-electron chi connectivity index (χ4n) is 1.99. The Labute approximate surface area is 133 Å². The second-order valence-corrected chi connectivity index (χ2v) is 5.00. The number of hydrogen-bond donors (Lipinski definition) is 1. The second-order valence-electron chi connectivity index (χ2n) is 5.00. The minimum atomic E-state index is -1.40. The maximum atomic E-state index is 12.2. The van der Waals surface area contributed by atoms with Gasteiger partial charge in [-0.05, 0) is 12.0 Å². The lowest BCUT2D eigenvalue weighted by atomic mass is 10.0. The third-order valence-corrected chi connectivity index (χ3v) is 3.18. The van der Waals surface area contributed by atoms with Crippen molar-refractivity contribution < 1.29 is 9.59 Å². The highest BCUT2D eigenvalue weighted by Crippen LogP contribution is 2.08. The highest BCUT2D eigenvalue weighted by molar-refractivity contribution is 6.11. The molecule has 0 radical (unpaired) electrons. The molecule has 0 fully saturated rings. The van der Waals surface area contributed by atoms with Gasteiger partial charge in [0.25, 0.3) is 0 Å². The number of carbonyl (C=O) groups is 2. The van der Waals surface area contributed by atoms with Crippen molar-refractivity contribution in [3.63, 3.8) is 0 Å². The Balaban J connectivity index is 2.08. The van der Waals surface area contributed by atoms with E-state index in [-0.39, 0.29) is 5.69 Å². The minimum Gasteiger partial charge on any atom is -0.355 e. The molecule has 0 spiro atoms. The van der Waals surface area contributed by atoms with Crippen molar-refractivity contribution in [1.29, 1.82) is 5.26 Å². The molecule has 0 aliphatic rings. The van der Waals surface area contributed by atoms with Gasteiger partial charge in [0.05, 0.1) is 18.8 Å². The first-order chi connectivity index (χ1) is 11.2. The average Bonchev–Trinajstić information content (AvgIpc) is 3.03. The number of rotatable bonds is 7. The van der Waals surface area contributed by atoms with Crippen LogP contribution in [0.1, 0.15) is 29.4 Å². The number of nitriles is 1. The number of ketones is 1. The SMILES string of the molecule is CCCNC(=O)C(C#N)C(=O)c1cn(Cc2ccccc2)nn1. The van der Waals surface area contributed by atoms with Crippen LogP contribution in [0.5, 0.6) is 0 Å². The van der Waals surface area contributed by atoms with Crippen molar-refractivity contribution in [3.8, 4) is 6.07 Å². The highest BCUT2D eigenvalue weighted by Gasteiger charge is 2.29. The maximum Gasteiger partial charge on any atom is 0.245 e. The van der Waals surface area contributed by atoms with Gasteiger partial charge in [-0.3, -0.25) is 9.59 Å². The molecule has 7 heteroatoms. The predicted molar refractivity (Wildman–Crippen MR) is 82.3 cm³/mol. The van der Waals surface area contributed by atoms with Crippen molar-refractivity contribution in [2.24, 2.45) is 5.92 Å². The van der Waals surface area contributed by atoms with Crippen LogP contribution in [0.4, 0.5) is 0 Å². The Morgan fingerprint density at radius 3 is 2.74 bits per heavy atom. The third kappa shape index (κ3) is 4.23. The summed E-state index contributed by atoms with van der Waals surface area (Å²) >= 11 is 0. The van der Waals surface area contributed by atoms with Crippen molar-refractivity contribution in [2.75, 3.05) is 6.54 Å². The van der Waals surface area contributed by atoms with E-state index in [2.05, 4.69) is 15.6 Å². The quantitative estimate of drug-likeness (QED) is 0.611. The van der Waals surface area contributed by atoms with Crippen LogP contribution < -0.4 is 5.32 Å². The molecule has 1 N–H and O–H groups in total. The molecule has 2 rings (SSSR count). The Morgan fingerprint density at radius 2 is 2.09 bits per heavy atom. The zero-order valence-corrected chi connectivity index (χ0v) is 12.8. The van der Waals surface area contributed by atoms with Gasteiger partial charge in [-0.1, -0.05) is 42.5 Å². The lowest BCUT2D eigenvalue weighted by Crippen LogP contribution is -2.35. The number of nitrogens with one attached hydrogen (secondary N) is 1. The van der Waals surface area contributed by atoms with Gasteiger partial charge < -0.3 is 5.32 Å². The number of nitrogens with zero attached hydrogens (tertiary/aromatic N) is 4. The summed E-state index contributed by atoms with van der Waals surface area (Å²) in [5.41, 5.74) is 1.02. The molecule has 1 atom stereocenters. The Kier molecular flexibility index (Phi) is 5.58. The lowest BCUT2D eigenvalue weighted by molar-refractivity contribution is -0.122. The number of benzene rings is 1. The second kappa shape index (κ2) is 7.84. The third-order valence-electron chi connectivity index (χ3n) is 3.18. The van der Waals surface area contributed by atoms with E-state index >= 15 is 0 Å². The number of carbonyl (C=O) groups excluding carboxylic acids is 2. The molecule has 0 saturated carbocycles. The van der Waals surface area contributed by atoms with E-state index in [4.69, 9.17) is 5.26 Å². The standard InChI is InChI=1S/C16H17N5O2/c1-2-8-18-16(23)13(9-17)15(22)14-11-21(20-19-14)10-12-6-4-3-5-7-12/h3-7,11,13H,2,8,10H2,1H3,(H,18,23). The Morgan fingerprint density at radius 1 is 1.35 bits per heavy atom. The smallest absolute Gasteiger partial charge is 0.245 e. The van der Waals surface area contributed by atoms with Gasteiger partial charge in [-0.2, -0.15) is 5.26 Å². The summed E-state index contributed by atoms with van der Waals surface area (Å²) < 4.78 is 1.50. The fourth-order valence-corrected chi connectivity index (χ4v) is 1.99. The summed E-state index contributed by atoms with van der Waals surface area (Å²) in [7, 11) is 0. The molecule has 1 amide bonds. The predicted octanol–water partition coefficient (Wildman–Crippen LogP) is 1.18. The topological polar surface area (TPSA) is 101 Å². The van der Waals surface area contributed by atoms with E-state index in [9.17, 15) is 9.59 Å². The van der Waals surface area contributed by atoms with Crippen molar-refractivity contribution in [3.05, 3.63) is 47.8 Å². The summed E-state index contributed by atoms with van der Waals surface area (Å²) in [6.45, 7) is 2.77. The van der Waals surface area contributed by atoms with Crippen LogP contribution in [0.2, 0.25) is 0 Å². The van der Waals surface area contributed by atoms with E-state index in [0.717, 1.165) is 12.0 Å². The summed E-state index contributed by atoms with van der Waals surface area (Å²) in [5.74, 6) is -2.64. The van der Waals surface area contributed by atoms with E-state index in [0.29, 0.717) is 13.1 Å². The molecule has 1 heterocycles. The highest BCUT2D eigenvalue weighted by atomic mass is 16.2. The van der Waals surface area contributed by atoms with E-state index in [1.807, 2.05) is 37.3 Å². The lowest BCUT2D eigenvalue weighted by Gasteiger charge is -2.06. The van der Waals surface area contributed by atoms with Gasteiger partial charge in [-0.15, -0.1) is 5.10 Å². The van der Waals surface area contributed by atoms with Gasteiger partial charge in [0.1, 0.15) is 0 Å². The maximum absolute atomic E-state index is 12.2. The summed E-state index contributed by atoms with van der Waals surface area (Å²) in [6.07, 6.45) is 2.18. The van der Waals surface area contributed by atoms with Gasteiger partial charge in [-0.25, -0.2) is 4.68 Å². The van der Waals surface area contributed by atoms with Crippen LogP contribution in [0.15, 0.2) is 36.5 Å². The van der Waals surface area contributed by atoms with Crippen molar-refractivity contribution >= 4 is 11.7 Å². The molecule has 7 nitrogen and oxygen atoms in total. The molecule has 0 bridgehead atoms. The zero-order valence-electron chi connectivity index (χ0n) is 12.8. The first-order valence-electron chi connectivity index (χ1n) is 7.31. The number of Topliss-reactive ketones (excluding diaryl/α,β-unsaturated/α-hetero) is 1. The van der Waals surface area contributed by atoms with Gasteiger partial charge in [0.15, 0.2) is 11.6 Å². The molecule has 1 aromatic carbocycles. The number of amides is 1. The van der Waals surface area contributed by atoms with Crippen LogP contribution in [0, 0.1) is 17.2 Å². The average molecular weight is 311 g/mol. The van der Waals surface area contributed by atoms with Gasteiger partial charge in [0.2, 0.25) is 11.7 Å². The van der Waals surface area contributed by atoms with Crippen molar-refractivity contribution in [2.45, 2.75) is 19.9 Å². The van der Waals surface area contributed by atoms with Gasteiger partial charge in [0, 0.05) is 6.54 Å². The van der Waals surface area contributed by atoms with E-state index < -0.39 is 17.6 Å². The summed E-state index contributed by atoms with van der Waals surface area (Å²) in [6, 6.07) is 11.3. The van der Waals surface area contributed by atoms with E-state index in [1.54, 1.807) is 6.07 Å². The Hall–Kier alpha value is -3.01. The molecular formula is C16H17N5O2. The molecular weight excluding hydrogens is 294 g/mol. The minimum absolute atomic E-state index is 0.0131. The molecule has 0 aliphatic heterocycles. The normalized spacial score (nSPS) is 11.5. The molecule has 1 aromatic heterocycles. The van der Waals surface area contributed by atoms with Crippen molar-refractivity contribution in [1.82, 2.24) is 20.3 Å². The number of aromatic nitrogens is 3. The van der Waals surface area contributed by atoms with Crippen LogP contribution in [-0.2, 0) is 11.3 Å². The number of hydrogen-bond acceptors (Lipinski definition) is 5. The molecule has 1 unspecified atom stereocenters. The first-order valence-corrected chi connectivity index (χ1v) is 7.31. The summed E-state index contributed by atoms with van der Waals surface area (Å²) in [4.78, 5) is 24.1. The summed E-state index contributed by atoms with van der Waals surface area (Å²) in [5, 5.41) is 19.3. The molecule has 23 heavy (non-hydrogen) atoms. The molecule has 2 aromatic rings. The molecule has 118 valence electrons. The zero-order chi connectivity index (χ0) is 16.7. The van der Waals surface area contributed by atoms with E-state index in [1.165, 1.54) is 10.9 Å².